The van der Waals surface area contributed by atoms with Crippen LogP contribution in [0.25, 0.3) is 0 Å². The fourth-order valence-electron chi connectivity index (χ4n) is 3.20. The van der Waals surface area contributed by atoms with Crippen molar-refractivity contribution in [3.8, 4) is 0 Å². The number of hydrogen-bond acceptors (Lipinski definition) is 5. The van der Waals surface area contributed by atoms with Crippen molar-refractivity contribution in [2.24, 2.45) is 0 Å². The Morgan fingerprint density at radius 2 is 1.71 bits per heavy atom. The maximum Gasteiger partial charge on any atom is 0.337 e. The molecule has 1 saturated carbocycles. The van der Waals surface area contributed by atoms with Gasteiger partial charge in [0, 0.05) is 6.10 Å². The first kappa shape index (κ1) is 23.4. The van der Waals surface area contributed by atoms with Gasteiger partial charge in [0.2, 0.25) is 0 Å². The van der Waals surface area contributed by atoms with E-state index in [9.17, 15) is 13.2 Å². The maximum absolute atomic E-state index is 13.2. The number of methoxy groups -OCH3 is 1. The standard InChI is InChI=1S/C20H31ClO5SSi/c1-20(2,3)28(5,6)26-15-8-10-16(11-9-15)27(23,24)18-13-14(19(22)25-4)7-12-17(18)21/h7,12-13,15-16H,8-11H2,1-6H3. The van der Waals surface area contributed by atoms with Crippen LogP contribution in [0.5, 0.6) is 0 Å². The van der Waals surface area contributed by atoms with Crippen molar-refractivity contribution in [3.63, 3.8) is 0 Å². The van der Waals surface area contributed by atoms with E-state index < -0.39 is 29.4 Å². The topological polar surface area (TPSA) is 69.7 Å². The quantitative estimate of drug-likeness (QED) is 0.457. The average Bonchev–Trinajstić information content (AvgIpc) is 2.60. The van der Waals surface area contributed by atoms with Crippen LogP contribution in [0.4, 0.5) is 0 Å². The molecule has 0 heterocycles. The van der Waals surface area contributed by atoms with Gasteiger partial charge in [0.05, 0.1) is 27.8 Å². The van der Waals surface area contributed by atoms with Crippen LogP contribution in [-0.2, 0) is 19.0 Å². The minimum atomic E-state index is -3.64. The molecule has 5 nitrogen and oxygen atoms in total. The summed E-state index contributed by atoms with van der Waals surface area (Å²) in [6.45, 7) is 11.0. The maximum atomic E-state index is 13.2. The van der Waals surface area contributed by atoms with Crippen LogP contribution < -0.4 is 0 Å². The third-order valence-electron chi connectivity index (χ3n) is 5.99. The lowest BCUT2D eigenvalue weighted by Gasteiger charge is -2.41. The zero-order valence-corrected chi connectivity index (χ0v) is 20.1. The van der Waals surface area contributed by atoms with Crippen LogP contribution in [0.2, 0.25) is 23.2 Å². The van der Waals surface area contributed by atoms with E-state index in [2.05, 4.69) is 38.6 Å². The first-order chi connectivity index (χ1) is 12.8. The number of rotatable bonds is 5. The first-order valence-corrected chi connectivity index (χ1v) is 14.4. The van der Waals surface area contributed by atoms with E-state index in [-0.39, 0.29) is 26.6 Å². The first-order valence-electron chi connectivity index (χ1n) is 9.59. The second-order valence-corrected chi connectivity index (χ2v) is 16.3. The minimum absolute atomic E-state index is 0.00540. The van der Waals surface area contributed by atoms with Crippen LogP contribution in [0.1, 0.15) is 56.8 Å². The molecule has 0 unspecified atom stereocenters. The molecule has 8 heteroatoms. The van der Waals surface area contributed by atoms with E-state index in [0.29, 0.717) is 25.7 Å². The Bertz CT molecular complexity index is 821. The normalized spacial score (nSPS) is 21.4. The van der Waals surface area contributed by atoms with Gasteiger partial charge >= 0.3 is 5.97 Å². The lowest BCUT2D eigenvalue weighted by atomic mass is 9.97. The van der Waals surface area contributed by atoms with Gasteiger partial charge in [-0.05, 0) is 62.0 Å². The lowest BCUT2D eigenvalue weighted by Crippen LogP contribution is -2.45. The molecule has 1 aromatic rings. The van der Waals surface area contributed by atoms with Gasteiger partial charge < -0.3 is 9.16 Å². The van der Waals surface area contributed by atoms with E-state index in [4.69, 9.17) is 16.0 Å². The number of benzene rings is 1. The molecule has 2 rings (SSSR count). The van der Waals surface area contributed by atoms with Gasteiger partial charge in [-0.2, -0.15) is 0 Å². The number of esters is 1. The van der Waals surface area contributed by atoms with Gasteiger partial charge in [0.25, 0.3) is 0 Å². The second-order valence-electron chi connectivity index (χ2n) is 8.96. The average molecular weight is 447 g/mol. The van der Waals surface area contributed by atoms with E-state index in [1.807, 2.05) is 0 Å². The smallest absolute Gasteiger partial charge is 0.337 e. The molecule has 0 aromatic heterocycles. The molecule has 158 valence electrons. The van der Waals surface area contributed by atoms with Crippen LogP contribution in [-0.4, -0.2) is 41.2 Å². The molecule has 0 atom stereocenters. The van der Waals surface area contributed by atoms with E-state index in [1.54, 1.807) is 0 Å². The largest absolute Gasteiger partial charge is 0.465 e. The highest BCUT2D eigenvalue weighted by Crippen LogP contribution is 2.40. The van der Waals surface area contributed by atoms with E-state index >= 15 is 0 Å². The summed E-state index contributed by atoms with van der Waals surface area (Å²) >= 11 is 6.16. The highest BCUT2D eigenvalue weighted by atomic mass is 35.5. The Morgan fingerprint density at radius 3 is 2.21 bits per heavy atom. The van der Waals surface area contributed by atoms with Gasteiger partial charge in [-0.3, -0.25) is 0 Å². The Labute approximate surface area is 174 Å². The molecule has 0 radical (unpaired) electrons. The van der Waals surface area contributed by atoms with Crippen molar-refractivity contribution in [1.29, 1.82) is 0 Å². The third-order valence-corrected chi connectivity index (χ3v) is 13.3. The summed E-state index contributed by atoms with van der Waals surface area (Å²) in [4.78, 5) is 11.8. The molecule has 1 aliphatic carbocycles. The molecule has 1 aliphatic rings. The van der Waals surface area contributed by atoms with Gasteiger partial charge in [-0.1, -0.05) is 32.4 Å². The summed E-state index contributed by atoms with van der Waals surface area (Å²) in [7, 11) is -4.26. The zero-order valence-electron chi connectivity index (χ0n) is 17.5. The van der Waals surface area contributed by atoms with Gasteiger partial charge in [-0.15, -0.1) is 0 Å². The van der Waals surface area contributed by atoms with Crippen LogP contribution >= 0.6 is 11.6 Å². The Hall–Kier alpha value is -0.893. The minimum Gasteiger partial charge on any atom is -0.465 e. The molecule has 0 bridgehead atoms. The molecule has 0 amide bonds. The molecule has 0 spiro atoms. The summed E-state index contributed by atoms with van der Waals surface area (Å²) in [5.41, 5.74) is 0.181. The van der Waals surface area contributed by atoms with Crippen LogP contribution in [0.3, 0.4) is 0 Å². The summed E-state index contributed by atoms with van der Waals surface area (Å²) in [6, 6.07) is 4.23. The number of sulfone groups is 1. The molecule has 28 heavy (non-hydrogen) atoms. The molecular weight excluding hydrogens is 416 g/mol. The molecule has 1 fully saturated rings. The predicted octanol–water partition coefficient (Wildman–Crippen LogP) is 5.23. The molecule has 1 aromatic carbocycles. The fraction of sp³-hybridized carbons (Fsp3) is 0.650. The second kappa shape index (κ2) is 8.46. The van der Waals surface area contributed by atoms with Crippen LogP contribution in [0, 0.1) is 0 Å². The molecule has 0 N–H and O–H groups in total. The summed E-state index contributed by atoms with van der Waals surface area (Å²) < 4.78 is 37.5. The predicted molar refractivity (Wildman–Crippen MR) is 114 cm³/mol. The Kier molecular flexibility index (Phi) is 7.07. The van der Waals surface area contributed by atoms with Crippen molar-refractivity contribution < 1.29 is 22.4 Å². The summed E-state index contributed by atoms with van der Waals surface area (Å²) in [6.07, 6.45) is 2.58. The highest BCUT2D eigenvalue weighted by molar-refractivity contribution is 7.92. The summed E-state index contributed by atoms with van der Waals surface area (Å²) in [5.74, 6) is -0.584. The monoisotopic (exact) mass is 446 g/mol. The molecule has 0 aliphatic heterocycles. The van der Waals surface area contributed by atoms with Crippen molar-refractivity contribution in [1.82, 2.24) is 0 Å². The molecular formula is C20H31ClO5SSi. The van der Waals surface area contributed by atoms with Crippen molar-refractivity contribution in [2.45, 2.75) is 80.8 Å². The number of carbonyl (C=O) groups is 1. The Morgan fingerprint density at radius 1 is 1.14 bits per heavy atom. The Balaban J connectivity index is 2.15. The number of carbonyl (C=O) groups excluding carboxylic acids is 1. The summed E-state index contributed by atoms with van der Waals surface area (Å²) in [5, 5.41) is -0.262. The van der Waals surface area contributed by atoms with Crippen molar-refractivity contribution in [3.05, 3.63) is 28.8 Å². The zero-order chi connectivity index (χ0) is 21.3. The van der Waals surface area contributed by atoms with Crippen molar-refractivity contribution in [2.75, 3.05) is 7.11 Å². The highest BCUT2D eigenvalue weighted by Gasteiger charge is 2.41. The third kappa shape index (κ3) is 4.98. The van der Waals surface area contributed by atoms with Gasteiger partial charge in [0.1, 0.15) is 0 Å². The fourth-order valence-corrected chi connectivity index (χ4v) is 6.95. The number of halogens is 1. The van der Waals surface area contributed by atoms with E-state index in [1.165, 1.54) is 25.3 Å². The van der Waals surface area contributed by atoms with Crippen molar-refractivity contribution >= 4 is 35.7 Å². The number of ether oxygens (including phenoxy) is 1. The van der Waals surface area contributed by atoms with Gasteiger partial charge in [-0.25, -0.2) is 13.2 Å². The van der Waals surface area contributed by atoms with E-state index in [0.717, 1.165) is 0 Å². The SMILES string of the molecule is COC(=O)c1ccc(Cl)c(S(=O)(=O)C2CCC(O[Si](C)(C)C(C)(C)C)CC2)c1. The van der Waals surface area contributed by atoms with Gasteiger partial charge in [0.15, 0.2) is 18.2 Å². The molecule has 0 saturated heterocycles. The number of hydrogen-bond donors (Lipinski definition) is 0. The van der Waals surface area contributed by atoms with Crippen LogP contribution in [0.15, 0.2) is 23.1 Å². The lowest BCUT2D eigenvalue weighted by molar-refractivity contribution is 0.0600.